The molecule has 0 saturated heterocycles. The molecule has 0 aliphatic heterocycles. The maximum Gasteiger partial charge on any atom is 0.416 e. The Bertz CT molecular complexity index is 402. The Balaban J connectivity index is 2.94. The number of hydrogen-bond donors (Lipinski definition) is 1. The van der Waals surface area contributed by atoms with Crippen molar-refractivity contribution in [3.8, 4) is 0 Å². The first-order valence-electron chi connectivity index (χ1n) is 4.24. The van der Waals surface area contributed by atoms with Crippen LogP contribution in [-0.4, -0.2) is 6.54 Å². The zero-order valence-electron chi connectivity index (χ0n) is 8.04. The first-order chi connectivity index (χ1) is 7.29. The molecular weight excluding hydrogens is 262 g/mol. The van der Waals surface area contributed by atoms with E-state index in [-0.39, 0.29) is 17.3 Å². The molecule has 1 aromatic carbocycles. The van der Waals surface area contributed by atoms with Gasteiger partial charge in [0, 0.05) is 15.7 Å². The highest BCUT2D eigenvalue weighted by atomic mass is 35.5. The number of hydrogen-bond acceptors (Lipinski definition) is 1. The van der Waals surface area contributed by atoms with Crippen molar-refractivity contribution in [2.24, 2.45) is 0 Å². The SMILES string of the molecule is C=C(Cl)CNc1cc(Cl)cc(C(F)(F)F)c1. The molecule has 0 atom stereocenters. The highest BCUT2D eigenvalue weighted by Gasteiger charge is 2.31. The smallest absolute Gasteiger partial charge is 0.380 e. The van der Waals surface area contributed by atoms with E-state index in [1.807, 2.05) is 0 Å². The second-order valence-corrected chi connectivity index (χ2v) is 4.07. The van der Waals surface area contributed by atoms with Gasteiger partial charge < -0.3 is 5.32 Å². The second kappa shape index (κ2) is 4.97. The first kappa shape index (κ1) is 13.2. The zero-order valence-corrected chi connectivity index (χ0v) is 9.55. The van der Waals surface area contributed by atoms with E-state index < -0.39 is 11.7 Å². The van der Waals surface area contributed by atoms with Crippen molar-refractivity contribution in [3.05, 3.63) is 40.4 Å². The Morgan fingerprint density at radius 1 is 1.31 bits per heavy atom. The number of nitrogens with one attached hydrogen (secondary N) is 1. The molecule has 0 spiro atoms. The van der Waals surface area contributed by atoms with E-state index in [9.17, 15) is 13.2 Å². The molecular formula is C10H8Cl2F3N. The quantitative estimate of drug-likeness (QED) is 0.851. The van der Waals surface area contributed by atoms with Gasteiger partial charge in [-0.25, -0.2) is 0 Å². The number of halogens is 5. The lowest BCUT2D eigenvalue weighted by Gasteiger charge is -2.11. The zero-order chi connectivity index (χ0) is 12.3. The molecule has 0 aromatic heterocycles. The average Bonchev–Trinajstić information content (AvgIpc) is 2.12. The highest BCUT2D eigenvalue weighted by molar-refractivity contribution is 6.31. The third kappa shape index (κ3) is 3.94. The summed E-state index contributed by atoms with van der Waals surface area (Å²) in [7, 11) is 0. The van der Waals surface area contributed by atoms with E-state index in [0.717, 1.165) is 12.1 Å². The maximum atomic E-state index is 12.4. The number of benzene rings is 1. The molecule has 0 heterocycles. The van der Waals surface area contributed by atoms with Crippen LogP contribution >= 0.6 is 23.2 Å². The molecule has 0 radical (unpaired) electrons. The predicted octanol–water partition coefficient (Wildman–Crippen LogP) is 4.52. The van der Waals surface area contributed by atoms with E-state index in [0.29, 0.717) is 5.03 Å². The van der Waals surface area contributed by atoms with Gasteiger partial charge in [0.05, 0.1) is 12.1 Å². The molecule has 6 heteroatoms. The Kier molecular flexibility index (Phi) is 4.10. The monoisotopic (exact) mass is 269 g/mol. The van der Waals surface area contributed by atoms with Gasteiger partial charge in [-0.3, -0.25) is 0 Å². The second-order valence-electron chi connectivity index (χ2n) is 3.10. The Morgan fingerprint density at radius 2 is 1.94 bits per heavy atom. The topological polar surface area (TPSA) is 12.0 Å². The molecule has 0 aliphatic rings. The summed E-state index contributed by atoms with van der Waals surface area (Å²) in [5.41, 5.74) is -0.552. The van der Waals surface area contributed by atoms with Crippen LogP contribution in [0, 0.1) is 0 Å². The van der Waals surface area contributed by atoms with Gasteiger partial charge in [0.25, 0.3) is 0 Å². The van der Waals surface area contributed by atoms with Crippen LogP contribution in [0.5, 0.6) is 0 Å². The number of rotatable bonds is 3. The fourth-order valence-corrected chi connectivity index (χ4v) is 1.36. The van der Waals surface area contributed by atoms with Crippen LogP contribution in [0.3, 0.4) is 0 Å². The number of anilines is 1. The molecule has 1 aromatic rings. The van der Waals surface area contributed by atoms with Crippen LogP contribution in [-0.2, 0) is 6.18 Å². The fourth-order valence-electron chi connectivity index (χ4n) is 1.05. The molecule has 88 valence electrons. The standard InChI is InChI=1S/C10H8Cl2F3N/c1-6(11)5-16-9-3-7(10(13,14)15)2-8(12)4-9/h2-4,16H,1,5H2. The molecule has 0 aliphatic carbocycles. The van der Waals surface area contributed by atoms with E-state index >= 15 is 0 Å². The minimum atomic E-state index is -4.42. The van der Waals surface area contributed by atoms with Crippen molar-refractivity contribution in [1.82, 2.24) is 0 Å². The van der Waals surface area contributed by atoms with Gasteiger partial charge in [-0.15, -0.1) is 0 Å². The minimum absolute atomic E-state index is 0.0116. The van der Waals surface area contributed by atoms with Crippen LogP contribution in [0.1, 0.15) is 5.56 Å². The summed E-state index contributed by atoms with van der Waals surface area (Å²) >= 11 is 11.1. The molecule has 0 bridgehead atoms. The largest absolute Gasteiger partial charge is 0.416 e. The normalized spacial score (nSPS) is 11.3. The van der Waals surface area contributed by atoms with Crippen LogP contribution in [0.4, 0.5) is 18.9 Å². The van der Waals surface area contributed by atoms with Crippen molar-refractivity contribution in [2.45, 2.75) is 6.18 Å². The van der Waals surface area contributed by atoms with Gasteiger partial charge in [0.2, 0.25) is 0 Å². The minimum Gasteiger partial charge on any atom is -0.380 e. The van der Waals surface area contributed by atoms with Crippen molar-refractivity contribution in [3.63, 3.8) is 0 Å². The lowest BCUT2D eigenvalue weighted by molar-refractivity contribution is -0.137. The first-order valence-corrected chi connectivity index (χ1v) is 4.99. The Hall–Kier alpha value is -0.870. The number of alkyl halides is 3. The van der Waals surface area contributed by atoms with E-state index in [1.54, 1.807) is 0 Å². The third-order valence-electron chi connectivity index (χ3n) is 1.71. The Labute approximate surface area is 101 Å². The van der Waals surface area contributed by atoms with E-state index in [4.69, 9.17) is 23.2 Å². The summed E-state index contributed by atoms with van der Waals surface area (Å²) in [6, 6.07) is 3.21. The van der Waals surface area contributed by atoms with Gasteiger partial charge >= 0.3 is 6.18 Å². The van der Waals surface area contributed by atoms with Crippen LogP contribution in [0.25, 0.3) is 0 Å². The molecule has 0 saturated carbocycles. The maximum absolute atomic E-state index is 12.4. The van der Waals surface area contributed by atoms with Gasteiger partial charge in [0.1, 0.15) is 0 Å². The van der Waals surface area contributed by atoms with Crippen LogP contribution < -0.4 is 5.32 Å². The van der Waals surface area contributed by atoms with E-state index in [2.05, 4.69) is 11.9 Å². The fraction of sp³-hybridized carbons (Fsp3) is 0.200. The summed E-state index contributed by atoms with van der Waals surface area (Å²) in [5, 5.41) is 2.99. The van der Waals surface area contributed by atoms with Crippen molar-refractivity contribution in [1.29, 1.82) is 0 Å². The van der Waals surface area contributed by atoms with Gasteiger partial charge in [0.15, 0.2) is 0 Å². The van der Waals surface area contributed by atoms with Crippen molar-refractivity contribution >= 4 is 28.9 Å². The molecule has 1 N–H and O–H groups in total. The van der Waals surface area contributed by atoms with Gasteiger partial charge in [-0.05, 0) is 18.2 Å². The van der Waals surface area contributed by atoms with Crippen molar-refractivity contribution < 1.29 is 13.2 Å². The van der Waals surface area contributed by atoms with E-state index in [1.165, 1.54) is 6.07 Å². The molecule has 1 nitrogen and oxygen atoms in total. The summed E-state index contributed by atoms with van der Waals surface area (Å²) < 4.78 is 37.3. The average molecular weight is 270 g/mol. The molecule has 0 fully saturated rings. The van der Waals surface area contributed by atoms with Crippen LogP contribution in [0.15, 0.2) is 29.8 Å². The van der Waals surface area contributed by atoms with Gasteiger partial charge in [-0.1, -0.05) is 29.8 Å². The molecule has 0 amide bonds. The summed E-state index contributed by atoms with van der Waals surface area (Å²) in [6.07, 6.45) is -4.42. The summed E-state index contributed by atoms with van der Waals surface area (Å²) in [4.78, 5) is 0. The van der Waals surface area contributed by atoms with Gasteiger partial charge in [-0.2, -0.15) is 13.2 Å². The predicted molar refractivity (Wildman–Crippen MR) is 59.9 cm³/mol. The summed E-state index contributed by atoms with van der Waals surface area (Å²) in [6.45, 7) is 3.59. The molecule has 16 heavy (non-hydrogen) atoms. The van der Waals surface area contributed by atoms with Crippen molar-refractivity contribution in [2.75, 3.05) is 11.9 Å². The summed E-state index contributed by atoms with van der Waals surface area (Å²) in [5.74, 6) is 0. The Morgan fingerprint density at radius 3 is 2.44 bits per heavy atom. The lowest BCUT2D eigenvalue weighted by atomic mass is 10.2. The van der Waals surface area contributed by atoms with Crippen LogP contribution in [0.2, 0.25) is 5.02 Å². The molecule has 0 unspecified atom stereocenters. The third-order valence-corrected chi connectivity index (χ3v) is 2.06. The molecule has 1 rings (SSSR count). The highest BCUT2D eigenvalue weighted by Crippen LogP contribution is 2.33. The lowest BCUT2D eigenvalue weighted by Crippen LogP contribution is -2.07.